The summed E-state index contributed by atoms with van der Waals surface area (Å²) in [5.41, 5.74) is 1.37. The van der Waals surface area contributed by atoms with E-state index in [9.17, 15) is 13.2 Å². The van der Waals surface area contributed by atoms with Crippen molar-refractivity contribution in [3.63, 3.8) is 0 Å². The number of hydrogen-bond donors (Lipinski definition) is 1. The minimum Gasteiger partial charge on any atom is -0.372 e. The first-order chi connectivity index (χ1) is 9.06. The fraction of sp³-hybridized carbons (Fsp3) is 0.692. The van der Waals surface area contributed by atoms with E-state index in [1.807, 2.05) is 0 Å². The molecule has 1 heterocycles. The van der Waals surface area contributed by atoms with Crippen molar-refractivity contribution in [3.05, 3.63) is 21.9 Å². The molecule has 0 aromatic carbocycles. The minimum atomic E-state index is -4.22. The highest BCUT2D eigenvalue weighted by Crippen LogP contribution is 2.33. The first-order valence-electron chi connectivity index (χ1n) is 6.50. The molecule has 0 fully saturated rings. The standard InChI is InChI=1S/C13H18F3NOS/c14-13(15,16)9-18-7-2-6-17-11-3-1-4-12-10(11)5-8-19-12/h5,8,11,17H,1-4,6-7,9H2. The van der Waals surface area contributed by atoms with Crippen LogP contribution in [0.2, 0.25) is 0 Å². The third-order valence-corrected chi connectivity index (χ3v) is 4.17. The molecule has 1 N–H and O–H groups in total. The fourth-order valence-corrected chi connectivity index (χ4v) is 3.32. The molecule has 1 aliphatic rings. The molecule has 0 aliphatic heterocycles. The summed E-state index contributed by atoms with van der Waals surface area (Å²) in [4.78, 5) is 1.44. The van der Waals surface area contributed by atoms with Crippen LogP contribution in [0.4, 0.5) is 13.2 Å². The molecule has 1 aliphatic carbocycles. The Kier molecular flexibility index (Phi) is 5.24. The third kappa shape index (κ3) is 4.78. The van der Waals surface area contributed by atoms with E-state index in [0.717, 1.165) is 12.8 Å². The molecule has 2 rings (SSSR count). The first kappa shape index (κ1) is 14.8. The number of hydrogen-bond acceptors (Lipinski definition) is 3. The van der Waals surface area contributed by atoms with Crippen molar-refractivity contribution in [2.45, 2.75) is 37.9 Å². The van der Waals surface area contributed by atoms with Crippen molar-refractivity contribution in [3.8, 4) is 0 Å². The highest BCUT2D eigenvalue weighted by Gasteiger charge is 2.27. The van der Waals surface area contributed by atoms with Crippen LogP contribution in [0.1, 0.15) is 35.7 Å². The van der Waals surface area contributed by atoms with Gasteiger partial charge in [0.05, 0.1) is 0 Å². The zero-order valence-electron chi connectivity index (χ0n) is 10.6. The van der Waals surface area contributed by atoms with E-state index in [2.05, 4.69) is 21.5 Å². The van der Waals surface area contributed by atoms with Gasteiger partial charge in [-0.25, -0.2) is 0 Å². The Balaban J connectivity index is 1.62. The summed E-state index contributed by atoms with van der Waals surface area (Å²) in [7, 11) is 0. The maximum atomic E-state index is 11.8. The number of nitrogens with one attached hydrogen (secondary N) is 1. The van der Waals surface area contributed by atoms with Crippen LogP contribution in [0.5, 0.6) is 0 Å². The Morgan fingerprint density at radius 1 is 1.42 bits per heavy atom. The van der Waals surface area contributed by atoms with Crippen LogP contribution in [0.25, 0.3) is 0 Å². The molecule has 108 valence electrons. The predicted molar refractivity (Wildman–Crippen MR) is 69.5 cm³/mol. The van der Waals surface area contributed by atoms with E-state index in [0.29, 0.717) is 19.0 Å². The Morgan fingerprint density at radius 2 is 2.26 bits per heavy atom. The van der Waals surface area contributed by atoms with Crippen LogP contribution in [0, 0.1) is 0 Å². The highest BCUT2D eigenvalue weighted by molar-refractivity contribution is 7.10. The van der Waals surface area contributed by atoms with Crippen LogP contribution in [-0.4, -0.2) is 25.9 Å². The molecule has 0 amide bonds. The number of aryl methyl sites for hydroxylation is 1. The lowest BCUT2D eigenvalue weighted by molar-refractivity contribution is -0.173. The van der Waals surface area contributed by atoms with Crippen molar-refractivity contribution in [1.29, 1.82) is 0 Å². The number of rotatable bonds is 6. The van der Waals surface area contributed by atoms with E-state index in [1.54, 1.807) is 11.3 Å². The van der Waals surface area contributed by atoms with Gasteiger partial charge >= 0.3 is 6.18 Å². The fourth-order valence-electron chi connectivity index (χ4n) is 2.34. The van der Waals surface area contributed by atoms with E-state index in [-0.39, 0.29) is 6.61 Å². The number of thiophene rings is 1. The van der Waals surface area contributed by atoms with Gasteiger partial charge in [-0.15, -0.1) is 11.3 Å². The summed E-state index contributed by atoms with van der Waals surface area (Å²) in [6.45, 7) is -0.307. The second kappa shape index (κ2) is 6.72. The van der Waals surface area contributed by atoms with E-state index in [1.165, 1.54) is 16.9 Å². The molecule has 1 aromatic heterocycles. The summed E-state index contributed by atoms with van der Waals surface area (Å²) < 4.78 is 40.1. The second-order valence-electron chi connectivity index (χ2n) is 4.72. The average Bonchev–Trinajstić information content (AvgIpc) is 2.81. The largest absolute Gasteiger partial charge is 0.411 e. The topological polar surface area (TPSA) is 21.3 Å². The van der Waals surface area contributed by atoms with Crippen molar-refractivity contribution < 1.29 is 17.9 Å². The molecule has 19 heavy (non-hydrogen) atoms. The molecule has 2 nitrogen and oxygen atoms in total. The zero-order valence-corrected chi connectivity index (χ0v) is 11.4. The van der Waals surface area contributed by atoms with Gasteiger partial charge in [-0.1, -0.05) is 0 Å². The average molecular weight is 293 g/mol. The number of halogens is 3. The van der Waals surface area contributed by atoms with E-state index >= 15 is 0 Å². The number of alkyl halides is 3. The summed E-state index contributed by atoms with van der Waals surface area (Å²) >= 11 is 1.79. The number of fused-ring (bicyclic) bond motifs is 1. The van der Waals surface area contributed by atoms with Crippen LogP contribution >= 0.6 is 11.3 Å². The lowest BCUT2D eigenvalue weighted by Gasteiger charge is -2.23. The van der Waals surface area contributed by atoms with Gasteiger partial charge in [0.2, 0.25) is 0 Å². The number of ether oxygens (including phenoxy) is 1. The summed E-state index contributed by atoms with van der Waals surface area (Å²) in [6, 6.07) is 2.51. The van der Waals surface area contributed by atoms with Gasteiger partial charge in [0.1, 0.15) is 6.61 Å². The molecule has 0 bridgehead atoms. The predicted octanol–water partition coefficient (Wildman–Crippen LogP) is 3.68. The molecule has 0 saturated carbocycles. The Bertz CT molecular complexity index is 391. The SMILES string of the molecule is FC(F)(F)COCCCNC1CCCc2sccc21. The van der Waals surface area contributed by atoms with Crippen LogP contribution in [0.3, 0.4) is 0 Å². The van der Waals surface area contributed by atoms with Crippen LogP contribution in [-0.2, 0) is 11.2 Å². The molecule has 1 atom stereocenters. The molecule has 0 radical (unpaired) electrons. The molecule has 0 saturated heterocycles. The second-order valence-corrected chi connectivity index (χ2v) is 5.72. The summed E-state index contributed by atoms with van der Waals surface area (Å²) in [5, 5.41) is 5.52. The van der Waals surface area contributed by atoms with Gasteiger partial charge in [0, 0.05) is 17.5 Å². The van der Waals surface area contributed by atoms with Gasteiger partial charge in [-0.3, -0.25) is 0 Å². The lowest BCUT2D eigenvalue weighted by atomic mass is 9.94. The van der Waals surface area contributed by atoms with Crippen molar-refractivity contribution in [2.24, 2.45) is 0 Å². The van der Waals surface area contributed by atoms with Crippen molar-refractivity contribution in [1.82, 2.24) is 5.32 Å². The quantitative estimate of drug-likeness (QED) is 0.808. The maximum absolute atomic E-state index is 11.8. The molecule has 1 unspecified atom stereocenters. The van der Waals surface area contributed by atoms with E-state index in [4.69, 9.17) is 0 Å². The molecular formula is C13H18F3NOS. The third-order valence-electron chi connectivity index (χ3n) is 3.17. The lowest BCUT2D eigenvalue weighted by Crippen LogP contribution is -2.26. The van der Waals surface area contributed by atoms with Gasteiger partial charge < -0.3 is 10.1 Å². The van der Waals surface area contributed by atoms with Gasteiger partial charge in [0.25, 0.3) is 0 Å². The zero-order chi connectivity index (χ0) is 13.7. The molecule has 6 heteroatoms. The van der Waals surface area contributed by atoms with Gasteiger partial charge in [-0.2, -0.15) is 13.2 Å². The molecular weight excluding hydrogens is 275 g/mol. The van der Waals surface area contributed by atoms with Crippen molar-refractivity contribution >= 4 is 11.3 Å². The highest BCUT2D eigenvalue weighted by atomic mass is 32.1. The van der Waals surface area contributed by atoms with Gasteiger partial charge in [-0.05, 0) is 49.2 Å². The van der Waals surface area contributed by atoms with Crippen LogP contribution in [0.15, 0.2) is 11.4 Å². The van der Waals surface area contributed by atoms with Gasteiger partial charge in [0.15, 0.2) is 0 Å². The smallest absolute Gasteiger partial charge is 0.372 e. The first-order valence-corrected chi connectivity index (χ1v) is 7.38. The summed E-state index contributed by atoms with van der Waals surface area (Å²) in [6.07, 6.45) is -0.183. The maximum Gasteiger partial charge on any atom is 0.411 e. The minimum absolute atomic E-state index is 0.149. The van der Waals surface area contributed by atoms with Crippen LogP contribution < -0.4 is 5.32 Å². The molecule has 1 aromatic rings. The Labute approximate surface area is 115 Å². The summed E-state index contributed by atoms with van der Waals surface area (Å²) in [5.74, 6) is 0. The van der Waals surface area contributed by atoms with Crippen molar-refractivity contribution in [2.75, 3.05) is 19.8 Å². The Morgan fingerprint density at radius 3 is 3.05 bits per heavy atom. The molecule has 0 spiro atoms. The van der Waals surface area contributed by atoms with E-state index < -0.39 is 12.8 Å². The monoisotopic (exact) mass is 293 g/mol. The normalized spacial score (nSPS) is 19.4. The Hall–Kier alpha value is -0.590.